The number of hydrogen-bond acceptors (Lipinski definition) is 19. The van der Waals surface area contributed by atoms with Crippen LogP contribution in [0.1, 0.15) is 86.6 Å². The normalized spacial score (nSPS) is 19.3. The van der Waals surface area contributed by atoms with Crippen LogP contribution >= 0.6 is 0 Å². The lowest BCUT2D eigenvalue weighted by atomic mass is 10.1. The van der Waals surface area contributed by atoms with E-state index in [0.29, 0.717) is 120 Å². The van der Waals surface area contributed by atoms with Gasteiger partial charge in [-0.05, 0) is 93.5 Å². The molecule has 6 amide bonds. The molecule has 5 fully saturated rings. The lowest BCUT2D eigenvalue weighted by Crippen LogP contribution is -2.53. The summed E-state index contributed by atoms with van der Waals surface area (Å²) in [6.45, 7) is 7.99. The number of nitrogens with zero attached hydrogens (tertiary/aromatic N) is 11. The van der Waals surface area contributed by atoms with E-state index in [9.17, 15) is 28.8 Å². The molecule has 0 saturated carbocycles. The summed E-state index contributed by atoms with van der Waals surface area (Å²) in [5, 5.41) is 25.2. The summed E-state index contributed by atoms with van der Waals surface area (Å²) in [4.78, 5) is 92.4. The van der Waals surface area contributed by atoms with E-state index in [2.05, 4.69) is 46.3 Å². The van der Waals surface area contributed by atoms with Gasteiger partial charge in [-0.3, -0.25) is 28.8 Å². The third-order valence-electron chi connectivity index (χ3n) is 12.8. The van der Waals surface area contributed by atoms with Gasteiger partial charge in [-0.1, -0.05) is 0 Å². The minimum absolute atomic E-state index is 0.0416. The number of carbonyl (C=O) groups excluding carboxylic acids is 6. The fraction of sp³-hybridized carbons (Fsp3) is 0.489. The molecular weight excluding hydrogens is 931 g/mol. The molecule has 2 aromatic heterocycles. The molecule has 0 bridgehead atoms. The number of amides is 6. The molecule has 4 aromatic rings. The number of piperidine rings is 3. The summed E-state index contributed by atoms with van der Waals surface area (Å²) in [6.07, 6.45) is 6.23. The molecule has 7 heterocycles. The van der Waals surface area contributed by atoms with Crippen LogP contribution in [-0.2, 0) is 19.1 Å². The van der Waals surface area contributed by atoms with E-state index in [-0.39, 0.29) is 52.9 Å². The van der Waals surface area contributed by atoms with Crippen LogP contribution in [0.4, 0.5) is 34.9 Å². The van der Waals surface area contributed by atoms with Crippen molar-refractivity contribution in [2.75, 3.05) is 112 Å². The maximum absolute atomic E-state index is 12.7. The molecule has 9 rings (SSSR count). The van der Waals surface area contributed by atoms with Gasteiger partial charge in [0, 0.05) is 100 Å². The maximum atomic E-state index is 12.7. The number of benzene rings is 2. The molecular formula is C47H61N17O8. The molecule has 5 aliphatic heterocycles. The first-order chi connectivity index (χ1) is 34.9. The first-order valence-corrected chi connectivity index (χ1v) is 24.3. The van der Waals surface area contributed by atoms with Gasteiger partial charge in [0.15, 0.2) is 23.0 Å². The Labute approximate surface area is 415 Å². The van der Waals surface area contributed by atoms with Crippen molar-refractivity contribution in [2.24, 2.45) is 17.2 Å². The lowest BCUT2D eigenvalue weighted by molar-refractivity contribution is -0.146. The first kappa shape index (κ1) is 50.7. The second-order valence-electron chi connectivity index (χ2n) is 18.0. The van der Waals surface area contributed by atoms with Gasteiger partial charge in [-0.25, -0.2) is 0 Å². The molecule has 72 heavy (non-hydrogen) atoms. The number of morpholine rings is 2. The average Bonchev–Trinajstić information content (AvgIpc) is 3.41. The Morgan fingerprint density at radius 3 is 1.44 bits per heavy atom. The number of likely N-dealkylation sites (tertiary alicyclic amines) is 1. The molecule has 2 atom stereocenters. The van der Waals surface area contributed by atoms with E-state index in [1.807, 2.05) is 9.80 Å². The molecule has 25 nitrogen and oxygen atoms in total. The van der Waals surface area contributed by atoms with Crippen LogP contribution in [0.25, 0.3) is 0 Å². The van der Waals surface area contributed by atoms with Crippen molar-refractivity contribution in [2.45, 2.75) is 57.0 Å². The molecule has 0 spiro atoms. The number of hydrogen-bond donors (Lipinski definition) is 6. The smallest absolute Gasteiger partial charge is 0.311 e. The predicted octanol–water partition coefficient (Wildman–Crippen LogP) is 0.398. The minimum atomic E-state index is -0.793. The summed E-state index contributed by atoms with van der Waals surface area (Å²) in [6, 6.07) is 13.5. The van der Waals surface area contributed by atoms with Crippen molar-refractivity contribution >= 4 is 70.4 Å². The van der Waals surface area contributed by atoms with E-state index in [1.54, 1.807) is 63.2 Å². The maximum Gasteiger partial charge on any atom is 0.311 e. The zero-order valence-corrected chi connectivity index (χ0v) is 40.0. The molecule has 0 radical (unpaired) electrons. The quantitative estimate of drug-likeness (QED) is 0.111. The molecule has 382 valence electrons. The highest BCUT2D eigenvalue weighted by Gasteiger charge is 2.30. The Morgan fingerprint density at radius 2 is 0.986 bits per heavy atom. The third kappa shape index (κ3) is 13.0. The lowest BCUT2D eigenvalue weighted by Gasteiger charge is -2.33. The number of carbonyl (C=O) groups is 6. The molecule has 9 N–H and O–H groups in total. The molecule has 2 aromatic carbocycles. The SMILES string of the molecule is NC(=O)c1nnc(N2CCC[C@@H](N)C2)nc1Nc1ccc(C(=O)N2CCOCC2)cc1.NC(=O)c1nnc(N2CCC[C@@H](NC(=O)C(=O)N3CCCCC3)C2)nc1Nc1ccc(C(=O)N2CCOCC2)cc1. The highest BCUT2D eigenvalue weighted by molar-refractivity contribution is 6.35. The van der Waals surface area contributed by atoms with Crippen LogP contribution in [-0.4, -0.2) is 184 Å². The van der Waals surface area contributed by atoms with Crippen LogP contribution in [0.2, 0.25) is 0 Å². The minimum Gasteiger partial charge on any atom is -0.378 e. The zero-order chi connectivity index (χ0) is 50.6. The van der Waals surface area contributed by atoms with Crippen LogP contribution in [0.5, 0.6) is 0 Å². The second kappa shape index (κ2) is 24.0. The van der Waals surface area contributed by atoms with Crippen molar-refractivity contribution in [1.82, 2.24) is 50.4 Å². The summed E-state index contributed by atoms with van der Waals surface area (Å²) in [5.41, 5.74) is 19.2. The van der Waals surface area contributed by atoms with Crippen molar-refractivity contribution in [3.05, 3.63) is 71.0 Å². The highest BCUT2D eigenvalue weighted by Crippen LogP contribution is 2.25. The fourth-order valence-electron chi connectivity index (χ4n) is 8.93. The first-order valence-electron chi connectivity index (χ1n) is 24.3. The van der Waals surface area contributed by atoms with Crippen molar-refractivity contribution < 1.29 is 38.2 Å². The Morgan fingerprint density at radius 1 is 0.528 bits per heavy atom. The number of aromatic nitrogens is 6. The van der Waals surface area contributed by atoms with Crippen LogP contribution < -0.4 is 43.0 Å². The van der Waals surface area contributed by atoms with Gasteiger partial charge in [-0.15, -0.1) is 20.4 Å². The fourth-order valence-corrected chi connectivity index (χ4v) is 8.93. The summed E-state index contributed by atoms with van der Waals surface area (Å²) < 4.78 is 10.6. The van der Waals surface area contributed by atoms with E-state index < -0.39 is 23.6 Å². The molecule has 5 aliphatic rings. The number of ether oxygens (including phenoxy) is 2. The second-order valence-corrected chi connectivity index (χ2v) is 18.0. The van der Waals surface area contributed by atoms with Crippen LogP contribution in [0.3, 0.4) is 0 Å². The van der Waals surface area contributed by atoms with Gasteiger partial charge in [0.25, 0.3) is 23.6 Å². The molecule has 25 heteroatoms. The number of anilines is 6. The van der Waals surface area contributed by atoms with Gasteiger partial charge in [-0.2, -0.15) is 9.97 Å². The van der Waals surface area contributed by atoms with Crippen molar-refractivity contribution in [3.8, 4) is 0 Å². The zero-order valence-electron chi connectivity index (χ0n) is 40.0. The van der Waals surface area contributed by atoms with E-state index in [4.69, 9.17) is 26.7 Å². The van der Waals surface area contributed by atoms with Crippen LogP contribution in [0.15, 0.2) is 48.5 Å². The van der Waals surface area contributed by atoms with Crippen LogP contribution in [0, 0.1) is 0 Å². The van der Waals surface area contributed by atoms with E-state index >= 15 is 0 Å². The van der Waals surface area contributed by atoms with Crippen molar-refractivity contribution in [3.63, 3.8) is 0 Å². The summed E-state index contributed by atoms with van der Waals surface area (Å²) in [5.74, 6) is -1.74. The van der Waals surface area contributed by atoms with E-state index in [1.165, 1.54) is 0 Å². The molecule has 0 aliphatic carbocycles. The molecule has 0 unspecified atom stereocenters. The van der Waals surface area contributed by atoms with Gasteiger partial charge in [0.05, 0.1) is 26.4 Å². The number of nitrogens with one attached hydrogen (secondary N) is 3. The highest BCUT2D eigenvalue weighted by atomic mass is 16.5. The monoisotopic (exact) mass is 991 g/mol. The standard InChI is InChI=1S/C27H35N9O5.C20H26N8O3/c28-22(37)21-23(29-19-8-6-18(7-9-19)25(39)35-13-15-41-16-14-35)31-27(33-32-21)36-12-4-5-20(17-36)30-24(38)26(40)34-10-2-1-3-11-34;21-14-2-1-7-28(12-14)20-24-18(16(17(22)29)25-26-20)23-15-5-3-13(4-6-15)19(30)27-8-10-31-11-9-27/h6-9,20H,1-5,10-17H2,(H2,28,37)(H,30,38)(H,29,31,33);3-6,14H,1-2,7-12,21H2,(H2,22,29)(H,23,24,26)/t20-;14-/m11/s1. The van der Waals surface area contributed by atoms with Gasteiger partial charge >= 0.3 is 11.8 Å². The Bertz CT molecular complexity index is 2570. The Kier molecular flexibility index (Phi) is 16.9. The average molecular weight is 992 g/mol. The third-order valence-corrected chi connectivity index (χ3v) is 12.8. The van der Waals surface area contributed by atoms with Gasteiger partial charge in [0.1, 0.15) is 0 Å². The number of rotatable bonds is 11. The summed E-state index contributed by atoms with van der Waals surface area (Å²) in [7, 11) is 0. The Hall–Kier alpha value is -7.64. The number of primary amides is 2. The Balaban J connectivity index is 0.000000200. The largest absolute Gasteiger partial charge is 0.378 e. The number of nitrogens with two attached hydrogens (primary N) is 3. The van der Waals surface area contributed by atoms with Crippen molar-refractivity contribution in [1.29, 1.82) is 0 Å². The predicted molar refractivity (Wildman–Crippen MR) is 263 cm³/mol. The molecule has 5 saturated heterocycles. The summed E-state index contributed by atoms with van der Waals surface area (Å²) >= 11 is 0. The van der Waals surface area contributed by atoms with Gasteiger partial charge < -0.3 is 67.1 Å². The van der Waals surface area contributed by atoms with Gasteiger partial charge in [0.2, 0.25) is 11.9 Å². The van der Waals surface area contributed by atoms with E-state index in [0.717, 1.165) is 45.1 Å². The topological polar surface area (TPSA) is 329 Å².